The van der Waals surface area contributed by atoms with Crippen molar-refractivity contribution >= 4 is 34.4 Å². The van der Waals surface area contributed by atoms with Crippen LogP contribution >= 0.6 is 0 Å². The van der Waals surface area contributed by atoms with Gasteiger partial charge in [-0.25, -0.2) is 9.97 Å². The molecule has 4 aromatic carbocycles. The molecule has 0 aliphatic carbocycles. The number of hydrogen-bond acceptors (Lipinski definition) is 4. The van der Waals surface area contributed by atoms with E-state index in [1.165, 1.54) is 23.9 Å². The first-order valence-electron chi connectivity index (χ1n) is 10.2. The van der Waals surface area contributed by atoms with Crippen LogP contribution in [-0.4, -0.2) is 9.97 Å². The second kappa shape index (κ2) is 11.1. The first-order chi connectivity index (χ1) is 15.9. The Morgan fingerprint density at radius 2 is 0.812 bits per heavy atom. The first-order valence-corrected chi connectivity index (χ1v) is 10.2. The Balaban J connectivity index is 0.000000119. The minimum atomic E-state index is 0.845. The molecule has 0 amide bonds. The van der Waals surface area contributed by atoms with Crippen molar-refractivity contribution in [2.24, 2.45) is 0 Å². The monoisotopic (exact) mass is 418 g/mol. The molecule has 6 rings (SSSR count). The van der Waals surface area contributed by atoms with Gasteiger partial charge in [-0.1, -0.05) is 97.1 Å². The number of benzene rings is 4. The molecule has 6 aromatic rings. The zero-order valence-corrected chi connectivity index (χ0v) is 17.4. The predicted octanol–water partition coefficient (Wildman–Crippen LogP) is 7.51. The summed E-state index contributed by atoms with van der Waals surface area (Å²) in [6.07, 6.45) is 7.14. The van der Waals surface area contributed by atoms with Crippen molar-refractivity contribution in [1.29, 1.82) is 0 Å². The van der Waals surface area contributed by atoms with Crippen LogP contribution in [0.3, 0.4) is 0 Å². The van der Waals surface area contributed by atoms with Crippen LogP contribution in [0.5, 0.6) is 0 Å². The Bertz CT molecular complexity index is 1200. The highest BCUT2D eigenvalue weighted by Crippen LogP contribution is 2.10. The van der Waals surface area contributed by atoms with E-state index in [1.807, 2.05) is 84.9 Å². The Morgan fingerprint density at radius 1 is 0.438 bits per heavy atom. The molecule has 32 heavy (non-hydrogen) atoms. The summed E-state index contributed by atoms with van der Waals surface area (Å²) in [6.45, 7) is 0. The van der Waals surface area contributed by atoms with Crippen molar-refractivity contribution in [2.75, 3.05) is 0 Å². The van der Waals surface area contributed by atoms with E-state index in [1.54, 1.807) is 0 Å². The fourth-order valence-corrected chi connectivity index (χ4v) is 2.93. The Morgan fingerprint density at radius 3 is 1.22 bits per heavy atom. The average molecular weight is 418 g/mol. The van der Waals surface area contributed by atoms with E-state index < -0.39 is 0 Å². The predicted molar refractivity (Wildman–Crippen MR) is 130 cm³/mol. The third kappa shape index (κ3) is 6.03. The maximum absolute atomic E-state index is 5.01. The van der Waals surface area contributed by atoms with Crippen molar-refractivity contribution in [3.8, 4) is 0 Å². The summed E-state index contributed by atoms with van der Waals surface area (Å²) < 4.78 is 10.0. The lowest BCUT2D eigenvalue weighted by molar-refractivity contribution is 0.602. The third-order valence-electron chi connectivity index (χ3n) is 4.54. The second-order valence-electron chi connectivity index (χ2n) is 6.79. The molecule has 0 radical (unpaired) electrons. The molecule has 156 valence electrons. The SMILES string of the molecule is C(=Cc1ccccc1)c1ccccc1.c1ccc2ocnc2c1.c1ccc2ocnc2c1. The molecule has 0 aliphatic rings. The summed E-state index contributed by atoms with van der Waals surface area (Å²) in [7, 11) is 0. The molecule has 2 heterocycles. The van der Waals surface area contributed by atoms with Crippen LogP contribution < -0.4 is 0 Å². The summed E-state index contributed by atoms with van der Waals surface area (Å²) in [4.78, 5) is 7.90. The summed E-state index contributed by atoms with van der Waals surface area (Å²) in [5, 5.41) is 0. The molecular formula is C28H22N2O2. The molecule has 0 fully saturated rings. The maximum Gasteiger partial charge on any atom is 0.181 e. The lowest BCUT2D eigenvalue weighted by Gasteiger charge is -1.92. The first kappa shape index (κ1) is 20.8. The minimum Gasteiger partial charge on any atom is -0.443 e. The van der Waals surface area contributed by atoms with Gasteiger partial charge in [0.1, 0.15) is 11.0 Å². The Hall–Kier alpha value is -4.44. The van der Waals surface area contributed by atoms with Crippen molar-refractivity contribution in [3.05, 3.63) is 133 Å². The van der Waals surface area contributed by atoms with E-state index in [0.717, 1.165) is 22.2 Å². The topological polar surface area (TPSA) is 52.1 Å². The van der Waals surface area contributed by atoms with Gasteiger partial charge < -0.3 is 8.83 Å². The van der Waals surface area contributed by atoms with Gasteiger partial charge in [0.15, 0.2) is 24.0 Å². The van der Waals surface area contributed by atoms with E-state index in [0.29, 0.717) is 0 Å². The smallest absolute Gasteiger partial charge is 0.181 e. The average Bonchev–Trinajstić information content (AvgIpc) is 3.54. The molecule has 2 aromatic heterocycles. The van der Waals surface area contributed by atoms with Crippen LogP contribution in [0.1, 0.15) is 11.1 Å². The van der Waals surface area contributed by atoms with Gasteiger partial charge >= 0.3 is 0 Å². The lowest BCUT2D eigenvalue weighted by Crippen LogP contribution is -1.70. The van der Waals surface area contributed by atoms with E-state index in [-0.39, 0.29) is 0 Å². The Labute approximate surface area is 186 Å². The van der Waals surface area contributed by atoms with Crippen molar-refractivity contribution in [1.82, 2.24) is 9.97 Å². The summed E-state index contributed by atoms with van der Waals surface area (Å²) in [6, 6.07) is 36.0. The van der Waals surface area contributed by atoms with Gasteiger partial charge in [0, 0.05) is 0 Å². The zero-order chi connectivity index (χ0) is 21.8. The van der Waals surface area contributed by atoms with Crippen LogP contribution in [0.2, 0.25) is 0 Å². The molecule has 4 nitrogen and oxygen atoms in total. The quantitative estimate of drug-likeness (QED) is 0.273. The molecule has 0 aliphatic heterocycles. The lowest BCUT2D eigenvalue weighted by atomic mass is 10.1. The molecule has 0 saturated carbocycles. The van der Waals surface area contributed by atoms with Crippen LogP contribution in [0.15, 0.2) is 131 Å². The minimum absolute atomic E-state index is 0.845. The van der Waals surface area contributed by atoms with E-state index in [2.05, 4.69) is 46.4 Å². The van der Waals surface area contributed by atoms with Gasteiger partial charge in [-0.15, -0.1) is 0 Å². The number of oxazole rings is 2. The van der Waals surface area contributed by atoms with Crippen molar-refractivity contribution in [2.45, 2.75) is 0 Å². The molecule has 0 unspecified atom stereocenters. The van der Waals surface area contributed by atoms with Crippen LogP contribution in [-0.2, 0) is 0 Å². The Kier molecular flexibility index (Phi) is 7.21. The fourth-order valence-electron chi connectivity index (χ4n) is 2.93. The van der Waals surface area contributed by atoms with Gasteiger partial charge in [-0.3, -0.25) is 0 Å². The fraction of sp³-hybridized carbons (Fsp3) is 0. The van der Waals surface area contributed by atoms with Crippen molar-refractivity contribution < 1.29 is 8.83 Å². The van der Waals surface area contributed by atoms with Crippen LogP contribution in [0, 0.1) is 0 Å². The van der Waals surface area contributed by atoms with Crippen LogP contribution in [0.25, 0.3) is 34.4 Å². The number of nitrogens with zero attached hydrogens (tertiary/aromatic N) is 2. The maximum atomic E-state index is 5.01. The molecule has 0 N–H and O–H groups in total. The van der Waals surface area contributed by atoms with Gasteiger partial charge in [0.25, 0.3) is 0 Å². The van der Waals surface area contributed by atoms with Gasteiger partial charge in [0.2, 0.25) is 0 Å². The largest absolute Gasteiger partial charge is 0.443 e. The number of rotatable bonds is 2. The molecule has 0 atom stereocenters. The van der Waals surface area contributed by atoms with E-state index in [4.69, 9.17) is 8.83 Å². The van der Waals surface area contributed by atoms with Gasteiger partial charge in [-0.05, 0) is 35.4 Å². The molecule has 0 bridgehead atoms. The second-order valence-corrected chi connectivity index (χ2v) is 6.79. The normalized spacial score (nSPS) is 10.4. The molecular weight excluding hydrogens is 396 g/mol. The highest BCUT2D eigenvalue weighted by Gasteiger charge is 1.92. The molecule has 0 saturated heterocycles. The van der Waals surface area contributed by atoms with Crippen molar-refractivity contribution in [3.63, 3.8) is 0 Å². The summed E-state index contributed by atoms with van der Waals surface area (Å²) in [5.41, 5.74) is 5.98. The van der Waals surface area contributed by atoms with Gasteiger partial charge in [-0.2, -0.15) is 0 Å². The molecule has 4 heteroatoms. The van der Waals surface area contributed by atoms with Gasteiger partial charge in [0.05, 0.1) is 0 Å². The highest BCUT2D eigenvalue weighted by atomic mass is 16.3. The molecule has 0 spiro atoms. The van der Waals surface area contributed by atoms with E-state index >= 15 is 0 Å². The number of fused-ring (bicyclic) bond motifs is 2. The number of para-hydroxylation sites is 4. The summed E-state index contributed by atoms with van der Waals surface area (Å²) >= 11 is 0. The third-order valence-corrected chi connectivity index (χ3v) is 4.54. The number of aromatic nitrogens is 2. The standard InChI is InChI=1S/C14H12.2C7H5NO/c1-3-7-13(8-4-1)11-12-14-9-5-2-6-10-14;2*1-2-4-7-6(3-1)8-5-9-7/h1-12H;2*1-5H. The highest BCUT2D eigenvalue weighted by molar-refractivity contribution is 5.72. The summed E-state index contributed by atoms with van der Waals surface area (Å²) in [5.74, 6) is 0. The number of hydrogen-bond donors (Lipinski definition) is 0. The zero-order valence-electron chi connectivity index (χ0n) is 17.4. The van der Waals surface area contributed by atoms with E-state index in [9.17, 15) is 0 Å². The van der Waals surface area contributed by atoms with Crippen LogP contribution in [0.4, 0.5) is 0 Å².